The lowest BCUT2D eigenvalue weighted by Crippen LogP contribution is -2.62. The van der Waals surface area contributed by atoms with E-state index in [1.54, 1.807) is 12.0 Å². The Morgan fingerprint density at radius 2 is 1.91 bits per heavy atom. The van der Waals surface area contributed by atoms with E-state index in [0.29, 0.717) is 44.8 Å². The Balaban J connectivity index is 1.38. The zero-order valence-electron chi connectivity index (χ0n) is 18.9. The molecule has 0 aromatic heterocycles. The summed E-state index contributed by atoms with van der Waals surface area (Å²) >= 11 is 0. The minimum absolute atomic E-state index is 0.00781. The summed E-state index contributed by atoms with van der Waals surface area (Å²) in [7, 11) is 1.66. The SMILES string of the molecule is COCCCNC(=O)C1CCN(CC(=O)N2c3ccccc3NC(=O)C23CCCC3)CC1. The third kappa shape index (κ3) is 4.52. The van der Waals surface area contributed by atoms with Crippen molar-refractivity contribution in [1.82, 2.24) is 10.2 Å². The van der Waals surface area contributed by atoms with Crippen molar-refractivity contribution in [1.29, 1.82) is 0 Å². The standard InChI is InChI=1S/C24H34N4O4/c1-32-16-6-13-25-22(30)18-9-14-27(15-10-18)17-21(29)28-20-8-3-2-7-19(20)26-23(31)24(28)11-4-5-12-24/h2-3,7-8,18H,4-6,9-17H2,1H3,(H,25,30)(H,26,31). The van der Waals surface area contributed by atoms with Crippen molar-refractivity contribution in [3.8, 4) is 0 Å². The summed E-state index contributed by atoms with van der Waals surface area (Å²) in [6, 6.07) is 7.56. The Kier molecular flexibility index (Phi) is 7.10. The van der Waals surface area contributed by atoms with Gasteiger partial charge in [-0.2, -0.15) is 0 Å². The number of piperidine rings is 1. The van der Waals surface area contributed by atoms with Gasteiger partial charge in [-0.05, 0) is 57.3 Å². The first-order valence-electron chi connectivity index (χ1n) is 11.8. The number of ether oxygens (including phenoxy) is 1. The number of amides is 3. The van der Waals surface area contributed by atoms with Gasteiger partial charge in [0.25, 0.3) is 5.91 Å². The number of carbonyl (C=O) groups excluding carboxylic acids is 3. The minimum atomic E-state index is -0.772. The third-order valence-corrected chi connectivity index (χ3v) is 7.07. The largest absolute Gasteiger partial charge is 0.385 e. The van der Waals surface area contributed by atoms with Gasteiger partial charge in [0.1, 0.15) is 5.54 Å². The highest BCUT2D eigenvalue weighted by Crippen LogP contribution is 2.45. The number of anilines is 2. The van der Waals surface area contributed by atoms with E-state index in [1.807, 2.05) is 24.3 Å². The zero-order chi connectivity index (χ0) is 22.6. The van der Waals surface area contributed by atoms with Crippen LogP contribution in [-0.2, 0) is 19.1 Å². The number of rotatable bonds is 7. The maximum Gasteiger partial charge on any atom is 0.250 e. The van der Waals surface area contributed by atoms with Gasteiger partial charge in [-0.1, -0.05) is 25.0 Å². The molecule has 8 heteroatoms. The molecule has 8 nitrogen and oxygen atoms in total. The molecule has 0 bridgehead atoms. The summed E-state index contributed by atoms with van der Waals surface area (Å²) in [6.45, 7) is 2.95. The lowest BCUT2D eigenvalue weighted by Gasteiger charge is -2.45. The monoisotopic (exact) mass is 442 g/mol. The van der Waals surface area contributed by atoms with E-state index in [9.17, 15) is 14.4 Å². The fraction of sp³-hybridized carbons (Fsp3) is 0.625. The molecule has 3 amide bonds. The molecule has 0 radical (unpaired) electrons. The maximum atomic E-state index is 13.6. The van der Waals surface area contributed by atoms with Crippen molar-refractivity contribution in [2.75, 3.05) is 50.1 Å². The van der Waals surface area contributed by atoms with Crippen molar-refractivity contribution in [3.63, 3.8) is 0 Å². The molecule has 4 rings (SSSR count). The van der Waals surface area contributed by atoms with Crippen molar-refractivity contribution < 1.29 is 19.1 Å². The van der Waals surface area contributed by atoms with Gasteiger partial charge < -0.3 is 15.4 Å². The normalized spacial score (nSPS) is 20.8. The van der Waals surface area contributed by atoms with Crippen LogP contribution in [-0.4, -0.2) is 68.1 Å². The fourth-order valence-electron chi connectivity index (χ4n) is 5.32. The van der Waals surface area contributed by atoms with Gasteiger partial charge in [-0.25, -0.2) is 0 Å². The van der Waals surface area contributed by atoms with Crippen LogP contribution in [0.5, 0.6) is 0 Å². The van der Waals surface area contributed by atoms with Crippen LogP contribution < -0.4 is 15.5 Å². The quantitative estimate of drug-likeness (QED) is 0.632. The smallest absolute Gasteiger partial charge is 0.250 e. The van der Waals surface area contributed by atoms with Crippen LogP contribution in [0.15, 0.2) is 24.3 Å². The van der Waals surface area contributed by atoms with Crippen LogP contribution in [0.1, 0.15) is 44.9 Å². The minimum Gasteiger partial charge on any atom is -0.385 e. The number of hydrogen-bond acceptors (Lipinski definition) is 5. The molecule has 1 aromatic carbocycles. The second-order valence-electron chi connectivity index (χ2n) is 9.13. The summed E-state index contributed by atoms with van der Waals surface area (Å²) in [4.78, 5) is 42.9. The van der Waals surface area contributed by atoms with Crippen LogP contribution in [0.3, 0.4) is 0 Å². The van der Waals surface area contributed by atoms with Gasteiger partial charge in [0.05, 0.1) is 17.9 Å². The van der Waals surface area contributed by atoms with E-state index < -0.39 is 5.54 Å². The molecule has 1 aromatic rings. The number of likely N-dealkylation sites (tertiary alicyclic amines) is 1. The molecule has 32 heavy (non-hydrogen) atoms. The number of benzene rings is 1. The molecule has 0 unspecified atom stereocenters. The van der Waals surface area contributed by atoms with E-state index >= 15 is 0 Å². The van der Waals surface area contributed by atoms with Crippen LogP contribution in [0.25, 0.3) is 0 Å². The summed E-state index contributed by atoms with van der Waals surface area (Å²) in [5.41, 5.74) is 0.725. The Hall–Kier alpha value is -2.45. The molecule has 174 valence electrons. The molecule has 1 spiro atoms. The van der Waals surface area contributed by atoms with E-state index in [0.717, 1.165) is 37.8 Å². The predicted molar refractivity (Wildman–Crippen MR) is 122 cm³/mol. The van der Waals surface area contributed by atoms with Gasteiger partial charge in [0.2, 0.25) is 11.8 Å². The van der Waals surface area contributed by atoms with Crippen molar-refractivity contribution >= 4 is 29.1 Å². The molecule has 1 saturated carbocycles. The van der Waals surface area contributed by atoms with Gasteiger partial charge in [-0.3, -0.25) is 24.2 Å². The van der Waals surface area contributed by atoms with Crippen molar-refractivity contribution in [3.05, 3.63) is 24.3 Å². The first-order valence-corrected chi connectivity index (χ1v) is 11.8. The Morgan fingerprint density at radius 3 is 2.62 bits per heavy atom. The Morgan fingerprint density at radius 1 is 1.19 bits per heavy atom. The van der Waals surface area contributed by atoms with Crippen LogP contribution in [0, 0.1) is 5.92 Å². The predicted octanol–water partition coefficient (Wildman–Crippen LogP) is 2.15. The van der Waals surface area contributed by atoms with Crippen LogP contribution >= 0.6 is 0 Å². The Labute approximate surface area is 189 Å². The molecule has 2 fully saturated rings. The van der Waals surface area contributed by atoms with Crippen molar-refractivity contribution in [2.45, 2.75) is 50.5 Å². The molecule has 3 aliphatic rings. The van der Waals surface area contributed by atoms with E-state index in [-0.39, 0.29) is 30.2 Å². The first kappa shape index (κ1) is 22.7. The molecular formula is C24H34N4O4. The maximum absolute atomic E-state index is 13.6. The van der Waals surface area contributed by atoms with E-state index in [4.69, 9.17) is 4.74 Å². The topological polar surface area (TPSA) is 91.0 Å². The molecule has 2 aliphatic heterocycles. The number of nitrogens with zero attached hydrogens (tertiary/aromatic N) is 2. The van der Waals surface area contributed by atoms with Gasteiger partial charge in [0.15, 0.2) is 0 Å². The molecule has 0 atom stereocenters. The third-order valence-electron chi connectivity index (χ3n) is 7.07. The van der Waals surface area contributed by atoms with Crippen LogP contribution in [0.4, 0.5) is 11.4 Å². The van der Waals surface area contributed by atoms with E-state index in [1.165, 1.54) is 0 Å². The highest BCUT2D eigenvalue weighted by atomic mass is 16.5. The average molecular weight is 443 g/mol. The second kappa shape index (κ2) is 10.0. The summed E-state index contributed by atoms with van der Waals surface area (Å²) in [5, 5.41) is 6.01. The summed E-state index contributed by atoms with van der Waals surface area (Å²) in [5.74, 6) is -0.00671. The molecule has 2 heterocycles. The van der Waals surface area contributed by atoms with Gasteiger partial charge in [0, 0.05) is 26.2 Å². The fourth-order valence-corrected chi connectivity index (χ4v) is 5.32. The summed E-state index contributed by atoms with van der Waals surface area (Å²) in [6.07, 6.45) is 5.59. The lowest BCUT2D eigenvalue weighted by atomic mass is 9.89. The first-order chi connectivity index (χ1) is 15.5. The van der Waals surface area contributed by atoms with Crippen LogP contribution in [0.2, 0.25) is 0 Å². The van der Waals surface area contributed by atoms with E-state index in [2.05, 4.69) is 15.5 Å². The number of fused-ring (bicyclic) bond motifs is 1. The molecule has 1 saturated heterocycles. The highest BCUT2D eigenvalue weighted by molar-refractivity contribution is 6.15. The number of para-hydroxylation sites is 2. The number of hydrogen-bond donors (Lipinski definition) is 2. The number of nitrogens with one attached hydrogen (secondary N) is 2. The average Bonchev–Trinajstić information content (AvgIpc) is 3.28. The molecule has 2 N–H and O–H groups in total. The second-order valence-corrected chi connectivity index (χ2v) is 9.13. The number of carbonyl (C=O) groups is 3. The summed E-state index contributed by atoms with van der Waals surface area (Å²) < 4.78 is 5.01. The van der Waals surface area contributed by atoms with Gasteiger partial charge >= 0.3 is 0 Å². The molecular weight excluding hydrogens is 408 g/mol. The Bertz CT molecular complexity index is 844. The van der Waals surface area contributed by atoms with Gasteiger partial charge in [-0.15, -0.1) is 0 Å². The lowest BCUT2D eigenvalue weighted by molar-refractivity contribution is -0.129. The highest BCUT2D eigenvalue weighted by Gasteiger charge is 2.52. The van der Waals surface area contributed by atoms with Crippen molar-refractivity contribution in [2.24, 2.45) is 5.92 Å². The zero-order valence-corrected chi connectivity index (χ0v) is 18.9. The molecule has 1 aliphatic carbocycles. The number of methoxy groups -OCH3 is 1.